The molecule has 2 rings (SSSR count). The first kappa shape index (κ1) is 17.9. The molecule has 2 amide bonds. The Kier molecular flexibility index (Phi) is 5.99. The number of rotatable bonds is 6. The minimum absolute atomic E-state index is 0.119. The third-order valence-corrected chi connectivity index (χ3v) is 2.95. The summed E-state index contributed by atoms with van der Waals surface area (Å²) in [7, 11) is 0. The van der Waals surface area contributed by atoms with Crippen LogP contribution in [0.1, 0.15) is 10.4 Å². The second kappa shape index (κ2) is 8.39. The maximum Gasteiger partial charge on any atom is 0.339 e. The van der Waals surface area contributed by atoms with Crippen molar-refractivity contribution in [2.45, 2.75) is 0 Å². The van der Waals surface area contributed by atoms with Crippen LogP contribution in [0, 0.1) is 11.0 Å². The predicted molar refractivity (Wildman–Crippen MR) is 83.7 cm³/mol. The first-order valence-corrected chi connectivity index (χ1v) is 7.12. The standard InChI is InChI=1S/C16H14FN3O5/c17-12-1-3-13(4-2-12)19-14(21)9-18-15(22)10-25-16(23)11-5-7-20(24)8-6-11/h1-8H,9-10H2,(H,18,22)(H,19,21). The van der Waals surface area contributed by atoms with E-state index in [0.717, 1.165) is 12.4 Å². The van der Waals surface area contributed by atoms with Gasteiger partial charge in [0.05, 0.1) is 12.1 Å². The van der Waals surface area contributed by atoms with E-state index in [0.29, 0.717) is 10.4 Å². The average molecular weight is 347 g/mol. The van der Waals surface area contributed by atoms with Crippen molar-refractivity contribution in [2.75, 3.05) is 18.5 Å². The van der Waals surface area contributed by atoms with Gasteiger partial charge in [-0.3, -0.25) is 9.59 Å². The number of nitrogens with zero attached hydrogens (tertiary/aromatic N) is 1. The Morgan fingerprint density at radius 3 is 2.32 bits per heavy atom. The van der Waals surface area contributed by atoms with Gasteiger partial charge in [0.25, 0.3) is 5.91 Å². The second-order valence-corrected chi connectivity index (χ2v) is 4.85. The Morgan fingerprint density at radius 2 is 1.68 bits per heavy atom. The smallest absolute Gasteiger partial charge is 0.339 e. The van der Waals surface area contributed by atoms with Crippen LogP contribution in [0.2, 0.25) is 0 Å². The highest BCUT2D eigenvalue weighted by Crippen LogP contribution is 2.07. The molecule has 8 nitrogen and oxygen atoms in total. The molecule has 0 bridgehead atoms. The summed E-state index contributed by atoms with van der Waals surface area (Å²) in [6.45, 7) is -0.912. The molecule has 0 saturated carbocycles. The highest BCUT2D eigenvalue weighted by atomic mass is 19.1. The van der Waals surface area contributed by atoms with Crippen molar-refractivity contribution in [2.24, 2.45) is 0 Å². The van der Waals surface area contributed by atoms with Crippen LogP contribution in [-0.4, -0.2) is 30.9 Å². The van der Waals surface area contributed by atoms with Crippen LogP contribution in [0.3, 0.4) is 0 Å². The molecule has 2 aromatic rings. The van der Waals surface area contributed by atoms with Crippen LogP contribution < -0.4 is 15.4 Å². The normalized spacial score (nSPS) is 9.96. The first-order valence-electron chi connectivity index (χ1n) is 7.12. The molecule has 0 unspecified atom stereocenters. The van der Waals surface area contributed by atoms with Gasteiger partial charge in [0.2, 0.25) is 5.91 Å². The van der Waals surface area contributed by atoms with E-state index < -0.39 is 30.2 Å². The van der Waals surface area contributed by atoms with Crippen molar-refractivity contribution < 1.29 is 28.2 Å². The predicted octanol–water partition coefficient (Wildman–Crippen LogP) is 0.371. The van der Waals surface area contributed by atoms with Gasteiger partial charge in [0, 0.05) is 17.8 Å². The number of hydrogen-bond donors (Lipinski definition) is 2. The van der Waals surface area contributed by atoms with E-state index in [4.69, 9.17) is 4.74 Å². The van der Waals surface area contributed by atoms with Gasteiger partial charge < -0.3 is 20.6 Å². The summed E-state index contributed by atoms with van der Waals surface area (Å²) in [4.78, 5) is 34.8. The molecule has 9 heteroatoms. The summed E-state index contributed by atoms with van der Waals surface area (Å²) < 4.78 is 18.0. The third kappa shape index (κ3) is 5.90. The Morgan fingerprint density at radius 1 is 1.04 bits per heavy atom. The van der Waals surface area contributed by atoms with Gasteiger partial charge >= 0.3 is 5.97 Å². The lowest BCUT2D eigenvalue weighted by atomic mass is 10.3. The maximum atomic E-state index is 12.7. The lowest BCUT2D eigenvalue weighted by Gasteiger charge is -2.07. The molecule has 130 valence electrons. The molecular weight excluding hydrogens is 333 g/mol. The topological polar surface area (TPSA) is 111 Å². The summed E-state index contributed by atoms with van der Waals surface area (Å²) in [6.07, 6.45) is 2.24. The molecule has 1 aromatic carbocycles. The molecule has 0 radical (unpaired) electrons. The lowest BCUT2D eigenvalue weighted by Crippen LogP contribution is -2.35. The van der Waals surface area contributed by atoms with Gasteiger partial charge in [-0.2, -0.15) is 4.73 Å². The number of nitrogens with one attached hydrogen (secondary N) is 2. The fourth-order valence-corrected chi connectivity index (χ4v) is 1.73. The lowest BCUT2D eigenvalue weighted by molar-refractivity contribution is -0.605. The summed E-state index contributed by atoms with van der Waals surface area (Å²) in [5.74, 6) is -2.39. The van der Waals surface area contributed by atoms with Gasteiger partial charge in [-0.15, -0.1) is 0 Å². The highest BCUT2D eigenvalue weighted by molar-refractivity contribution is 5.95. The van der Waals surface area contributed by atoms with Gasteiger partial charge in [-0.1, -0.05) is 0 Å². The number of esters is 1. The number of carbonyl (C=O) groups excluding carboxylic acids is 3. The van der Waals surface area contributed by atoms with E-state index in [1.165, 1.54) is 36.4 Å². The van der Waals surface area contributed by atoms with Crippen molar-refractivity contribution in [3.8, 4) is 0 Å². The Labute approximate surface area is 141 Å². The molecule has 25 heavy (non-hydrogen) atoms. The zero-order valence-electron chi connectivity index (χ0n) is 12.9. The number of amides is 2. The number of benzene rings is 1. The number of ether oxygens (including phenoxy) is 1. The molecule has 2 N–H and O–H groups in total. The quantitative estimate of drug-likeness (QED) is 0.445. The van der Waals surface area contributed by atoms with Crippen LogP contribution in [0.15, 0.2) is 48.8 Å². The van der Waals surface area contributed by atoms with Crippen molar-refractivity contribution in [1.82, 2.24) is 5.32 Å². The number of halogens is 1. The van der Waals surface area contributed by atoms with E-state index in [9.17, 15) is 24.0 Å². The van der Waals surface area contributed by atoms with E-state index in [-0.39, 0.29) is 12.1 Å². The van der Waals surface area contributed by atoms with Gasteiger partial charge in [0.15, 0.2) is 19.0 Å². The molecule has 0 aliphatic rings. The largest absolute Gasteiger partial charge is 0.619 e. The third-order valence-electron chi connectivity index (χ3n) is 2.95. The fourth-order valence-electron chi connectivity index (χ4n) is 1.73. The molecular formula is C16H14FN3O5. The van der Waals surface area contributed by atoms with Crippen molar-refractivity contribution >= 4 is 23.5 Å². The number of pyridine rings is 1. The minimum Gasteiger partial charge on any atom is -0.619 e. The maximum absolute atomic E-state index is 12.7. The summed E-state index contributed by atoms with van der Waals surface area (Å²) in [5.41, 5.74) is 0.501. The summed E-state index contributed by atoms with van der Waals surface area (Å²) in [6, 6.07) is 7.63. The molecule has 0 aliphatic carbocycles. The Bertz CT molecular complexity index is 762. The molecule has 0 fully saturated rings. The van der Waals surface area contributed by atoms with Crippen molar-refractivity contribution in [1.29, 1.82) is 0 Å². The van der Waals surface area contributed by atoms with Crippen LogP contribution in [0.5, 0.6) is 0 Å². The molecule has 1 heterocycles. The van der Waals surface area contributed by atoms with Crippen LogP contribution in [0.25, 0.3) is 0 Å². The van der Waals surface area contributed by atoms with Gasteiger partial charge in [0.1, 0.15) is 5.82 Å². The average Bonchev–Trinajstić information content (AvgIpc) is 2.60. The number of anilines is 1. The first-order chi connectivity index (χ1) is 11.9. The molecule has 0 atom stereocenters. The molecule has 0 saturated heterocycles. The fraction of sp³-hybridized carbons (Fsp3) is 0.125. The van der Waals surface area contributed by atoms with Gasteiger partial charge in [-0.05, 0) is 24.3 Å². The number of aromatic nitrogens is 1. The number of hydrogen-bond acceptors (Lipinski definition) is 5. The molecule has 0 spiro atoms. The number of carbonyl (C=O) groups is 3. The van der Waals surface area contributed by atoms with E-state index >= 15 is 0 Å². The minimum atomic E-state index is -0.772. The second-order valence-electron chi connectivity index (χ2n) is 4.85. The van der Waals surface area contributed by atoms with Crippen LogP contribution in [-0.2, 0) is 14.3 Å². The summed E-state index contributed by atoms with van der Waals surface area (Å²) in [5, 5.41) is 15.6. The zero-order valence-corrected chi connectivity index (χ0v) is 12.9. The van der Waals surface area contributed by atoms with E-state index in [2.05, 4.69) is 10.6 Å². The SMILES string of the molecule is O=C(COC(=O)c1cc[n+]([O-])cc1)NCC(=O)Nc1ccc(F)cc1. The highest BCUT2D eigenvalue weighted by Gasteiger charge is 2.12. The van der Waals surface area contributed by atoms with E-state index in [1.54, 1.807) is 0 Å². The molecule has 0 aliphatic heterocycles. The summed E-state index contributed by atoms with van der Waals surface area (Å²) >= 11 is 0. The monoisotopic (exact) mass is 347 g/mol. The Balaban J connectivity index is 1.71. The van der Waals surface area contributed by atoms with Crippen LogP contribution >= 0.6 is 0 Å². The van der Waals surface area contributed by atoms with Crippen molar-refractivity contribution in [3.05, 3.63) is 65.4 Å². The molecule has 1 aromatic heterocycles. The zero-order chi connectivity index (χ0) is 18.2. The Hall–Kier alpha value is -3.49. The van der Waals surface area contributed by atoms with Gasteiger partial charge in [-0.25, -0.2) is 9.18 Å². The van der Waals surface area contributed by atoms with Crippen molar-refractivity contribution in [3.63, 3.8) is 0 Å². The van der Waals surface area contributed by atoms with Crippen LogP contribution in [0.4, 0.5) is 10.1 Å². The van der Waals surface area contributed by atoms with E-state index in [1.807, 2.05) is 0 Å².